The molecule has 92 valence electrons. The molecular weight excluding hydrogens is 216 g/mol. The largest absolute Gasteiger partial charge is 0.478 e. The molecule has 0 aromatic heterocycles. The van der Waals surface area contributed by atoms with Gasteiger partial charge in [-0.15, -0.1) is 0 Å². The first-order valence-electron chi connectivity index (χ1n) is 6.07. The van der Waals surface area contributed by atoms with Crippen LogP contribution in [-0.4, -0.2) is 18.2 Å². The molecule has 1 aliphatic carbocycles. The van der Waals surface area contributed by atoms with Crippen molar-refractivity contribution in [2.24, 2.45) is 0 Å². The molecule has 1 saturated carbocycles. The van der Waals surface area contributed by atoms with Gasteiger partial charge in [-0.1, -0.05) is 37.5 Å². The van der Waals surface area contributed by atoms with Crippen molar-refractivity contribution in [1.29, 1.82) is 0 Å². The van der Waals surface area contributed by atoms with E-state index in [4.69, 9.17) is 4.74 Å². The number of carbonyl (C=O) groups is 1. The number of aromatic carboxylic acids is 1. The Balaban J connectivity index is 2.46. The summed E-state index contributed by atoms with van der Waals surface area (Å²) >= 11 is 0. The van der Waals surface area contributed by atoms with Gasteiger partial charge >= 0.3 is 5.97 Å². The number of hydrogen-bond donors (Lipinski definition) is 1. The maximum atomic E-state index is 11.3. The summed E-state index contributed by atoms with van der Waals surface area (Å²) in [5.74, 6) is -0.873. The summed E-state index contributed by atoms with van der Waals surface area (Å²) in [7, 11) is 1.68. The van der Waals surface area contributed by atoms with Gasteiger partial charge in [-0.2, -0.15) is 0 Å². The zero-order chi connectivity index (χ0) is 12.3. The Kier molecular flexibility index (Phi) is 3.48. The van der Waals surface area contributed by atoms with Crippen LogP contribution >= 0.6 is 0 Å². The Morgan fingerprint density at radius 1 is 1.24 bits per heavy atom. The van der Waals surface area contributed by atoms with Crippen molar-refractivity contribution in [3.8, 4) is 0 Å². The molecule has 0 amide bonds. The highest BCUT2D eigenvalue weighted by Crippen LogP contribution is 2.41. The normalized spacial score (nSPS) is 18.9. The van der Waals surface area contributed by atoms with Gasteiger partial charge in [0.1, 0.15) is 0 Å². The van der Waals surface area contributed by atoms with E-state index in [1.807, 2.05) is 12.1 Å². The molecule has 2 rings (SSSR count). The van der Waals surface area contributed by atoms with E-state index >= 15 is 0 Å². The van der Waals surface area contributed by atoms with Gasteiger partial charge in [0, 0.05) is 7.11 Å². The van der Waals surface area contributed by atoms with E-state index in [2.05, 4.69) is 0 Å². The van der Waals surface area contributed by atoms with Crippen LogP contribution in [0.15, 0.2) is 24.3 Å². The van der Waals surface area contributed by atoms with Crippen LogP contribution in [0.3, 0.4) is 0 Å². The van der Waals surface area contributed by atoms with Crippen molar-refractivity contribution in [2.75, 3.05) is 7.11 Å². The third-order valence-corrected chi connectivity index (χ3v) is 3.70. The van der Waals surface area contributed by atoms with E-state index in [0.29, 0.717) is 5.56 Å². The average Bonchev–Trinajstić information content (AvgIpc) is 2.39. The first-order chi connectivity index (χ1) is 8.19. The van der Waals surface area contributed by atoms with Gasteiger partial charge in [0.2, 0.25) is 0 Å². The lowest BCUT2D eigenvalue weighted by Gasteiger charge is -2.37. The lowest BCUT2D eigenvalue weighted by molar-refractivity contribution is -0.0452. The standard InChI is InChI=1S/C14H18O3/c1-17-14(9-5-2-6-10-14)12-8-4-3-7-11(12)13(15)16/h3-4,7-8H,2,5-6,9-10H2,1H3,(H,15,16). The third-order valence-electron chi connectivity index (χ3n) is 3.70. The fraction of sp³-hybridized carbons (Fsp3) is 0.500. The lowest BCUT2D eigenvalue weighted by atomic mass is 9.77. The van der Waals surface area contributed by atoms with Crippen LogP contribution in [-0.2, 0) is 10.3 Å². The molecule has 0 saturated heterocycles. The molecule has 0 spiro atoms. The van der Waals surface area contributed by atoms with Gasteiger partial charge in [-0.25, -0.2) is 4.79 Å². The number of carboxylic acids is 1. The van der Waals surface area contributed by atoms with Gasteiger partial charge < -0.3 is 9.84 Å². The van der Waals surface area contributed by atoms with E-state index in [1.54, 1.807) is 19.2 Å². The second-order valence-corrected chi connectivity index (χ2v) is 4.61. The molecule has 1 aliphatic rings. The van der Waals surface area contributed by atoms with Gasteiger partial charge in [-0.05, 0) is 24.5 Å². The minimum Gasteiger partial charge on any atom is -0.478 e. The van der Waals surface area contributed by atoms with E-state index in [1.165, 1.54) is 6.42 Å². The van der Waals surface area contributed by atoms with Crippen LogP contribution in [0.4, 0.5) is 0 Å². The zero-order valence-corrected chi connectivity index (χ0v) is 10.1. The Bertz CT molecular complexity index is 406. The summed E-state index contributed by atoms with van der Waals surface area (Å²) in [6, 6.07) is 7.20. The Morgan fingerprint density at radius 2 is 1.88 bits per heavy atom. The van der Waals surface area contributed by atoms with Crippen LogP contribution in [0.25, 0.3) is 0 Å². The number of ether oxygens (including phenoxy) is 1. The number of methoxy groups -OCH3 is 1. The van der Waals surface area contributed by atoms with Gasteiger partial charge in [0.15, 0.2) is 0 Å². The van der Waals surface area contributed by atoms with Crippen molar-refractivity contribution in [3.63, 3.8) is 0 Å². The molecule has 0 heterocycles. The maximum absolute atomic E-state index is 11.3. The highest BCUT2D eigenvalue weighted by atomic mass is 16.5. The summed E-state index contributed by atoms with van der Waals surface area (Å²) in [4.78, 5) is 11.3. The Labute approximate surface area is 101 Å². The van der Waals surface area contributed by atoms with Crippen molar-refractivity contribution in [3.05, 3.63) is 35.4 Å². The molecule has 3 nitrogen and oxygen atoms in total. The van der Waals surface area contributed by atoms with Crippen molar-refractivity contribution >= 4 is 5.97 Å². The molecule has 0 unspecified atom stereocenters. The molecule has 3 heteroatoms. The molecule has 1 N–H and O–H groups in total. The second-order valence-electron chi connectivity index (χ2n) is 4.61. The maximum Gasteiger partial charge on any atom is 0.336 e. The SMILES string of the molecule is COC1(c2ccccc2C(=O)O)CCCCC1. The molecule has 0 atom stereocenters. The number of carboxylic acid groups (broad SMARTS) is 1. The zero-order valence-electron chi connectivity index (χ0n) is 10.1. The molecule has 17 heavy (non-hydrogen) atoms. The van der Waals surface area contributed by atoms with Gasteiger partial charge in [0.25, 0.3) is 0 Å². The predicted octanol–water partition coefficient (Wildman–Crippen LogP) is 3.19. The minimum atomic E-state index is -0.873. The molecule has 0 aliphatic heterocycles. The molecular formula is C14H18O3. The van der Waals surface area contributed by atoms with E-state index in [-0.39, 0.29) is 0 Å². The molecule has 0 bridgehead atoms. The fourth-order valence-corrected chi connectivity index (χ4v) is 2.77. The van der Waals surface area contributed by atoms with Crippen LogP contribution in [0.5, 0.6) is 0 Å². The van der Waals surface area contributed by atoms with Crippen molar-refractivity contribution in [1.82, 2.24) is 0 Å². The van der Waals surface area contributed by atoms with E-state index < -0.39 is 11.6 Å². The van der Waals surface area contributed by atoms with Crippen molar-refractivity contribution in [2.45, 2.75) is 37.7 Å². The molecule has 1 fully saturated rings. The Morgan fingerprint density at radius 3 is 2.47 bits per heavy atom. The quantitative estimate of drug-likeness (QED) is 0.873. The number of hydrogen-bond acceptors (Lipinski definition) is 2. The average molecular weight is 234 g/mol. The monoisotopic (exact) mass is 234 g/mol. The molecule has 0 radical (unpaired) electrons. The highest BCUT2D eigenvalue weighted by Gasteiger charge is 2.36. The molecule has 1 aromatic rings. The minimum absolute atomic E-state index is 0.372. The lowest BCUT2D eigenvalue weighted by Crippen LogP contribution is -2.32. The van der Waals surface area contributed by atoms with Crippen molar-refractivity contribution < 1.29 is 14.6 Å². The van der Waals surface area contributed by atoms with Gasteiger partial charge in [0.05, 0.1) is 11.2 Å². The van der Waals surface area contributed by atoms with Crippen LogP contribution in [0, 0.1) is 0 Å². The topological polar surface area (TPSA) is 46.5 Å². The summed E-state index contributed by atoms with van der Waals surface area (Å²) in [5, 5.41) is 9.25. The second kappa shape index (κ2) is 4.88. The first-order valence-corrected chi connectivity index (χ1v) is 6.07. The first kappa shape index (κ1) is 12.1. The summed E-state index contributed by atoms with van der Waals surface area (Å²) < 4.78 is 5.69. The van der Waals surface area contributed by atoms with Crippen LogP contribution in [0.2, 0.25) is 0 Å². The van der Waals surface area contributed by atoms with E-state index in [9.17, 15) is 9.90 Å². The predicted molar refractivity (Wildman–Crippen MR) is 65.2 cm³/mol. The smallest absolute Gasteiger partial charge is 0.336 e. The van der Waals surface area contributed by atoms with Crippen LogP contribution < -0.4 is 0 Å². The summed E-state index contributed by atoms with van der Waals surface area (Å²) in [6.45, 7) is 0. The fourth-order valence-electron chi connectivity index (χ4n) is 2.77. The summed E-state index contributed by atoms with van der Waals surface area (Å²) in [6.07, 6.45) is 5.23. The number of rotatable bonds is 3. The third kappa shape index (κ3) is 2.20. The van der Waals surface area contributed by atoms with Crippen LogP contribution in [0.1, 0.15) is 48.0 Å². The molecule has 1 aromatic carbocycles. The summed E-state index contributed by atoms with van der Waals surface area (Å²) in [5.41, 5.74) is 0.804. The Hall–Kier alpha value is -1.35. The van der Waals surface area contributed by atoms with E-state index in [0.717, 1.165) is 31.2 Å². The van der Waals surface area contributed by atoms with Gasteiger partial charge in [-0.3, -0.25) is 0 Å². The number of benzene rings is 1. The highest BCUT2D eigenvalue weighted by molar-refractivity contribution is 5.89.